The first-order valence-corrected chi connectivity index (χ1v) is 4.70. The van der Waals surface area contributed by atoms with E-state index in [4.69, 9.17) is 4.74 Å². The van der Waals surface area contributed by atoms with Gasteiger partial charge in [0, 0.05) is 17.4 Å². The van der Waals surface area contributed by atoms with E-state index in [1.807, 2.05) is 6.20 Å². The second-order valence-electron chi connectivity index (χ2n) is 3.38. The van der Waals surface area contributed by atoms with Crippen molar-refractivity contribution in [3.8, 4) is 0 Å². The molecule has 0 fully saturated rings. The van der Waals surface area contributed by atoms with Gasteiger partial charge in [-0.2, -0.15) is 5.10 Å². The van der Waals surface area contributed by atoms with E-state index in [1.165, 1.54) is 0 Å². The van der Waals surface area contributed by atoms with E-state index >= 15 is 0 Å². The molecule has 14 heavy (non-hydrogen) atoms. The molecule has 3 rings (SSSR count). The number of hydrogen-bond acceptors (Lipinski definition) is 2. The van der Waals surface area contributed by atoms with Crippen LogP contribution >= 0.6 is 0 Å². The average molecular weight is 186 g/mol. The Labute approximate surface area is 81.4 Å². The van der Waals surface area contributed by atoms with Gasteiger partial charge in [-0.25, -0.2) is 0 Å². The summed E-state index contributed by atoms with van der Waals surface area (Å²) in [6.45, 7) is 0.802. The second-order valence-corrected chi connectivity index (χ2v) is 3.38. The molecule has 1 aliphatic heterocycles. The number of rotatable bonds is 1. The van der Waals surface area contributed by atoms with Gasteiger partial charge in [0.1, 0.15) is 5.76 Å². The van der Waals surface area contributed by atoms with Gasteiger partial charge in [0.15, 0.2) is 0 Å². The Kier molecular flexibility index (Phi) is 1.56. The van der Waals surface area contributed by atoms with Crippen LogP contribution in [0.25, 0.3) is 16.7 Å². The molecule has 1 aromatic carbocycles. The van der Waals surface area contributed by atoms with Crippen molar-refractivity contribution in [1.29, 1.82) is 0 Å². The lowest BCUT2D eigenvalue weighted by molar-refractivity contribution is 0.307. The number of H-pyrrole nitrogens is 1. The van der Waals surface area contributed by atoms with Gasteiger partial charge in [-0.15, -0.1) is 0 Å². The third-order valence-corrected chi connectivity index (χ3v) is 2.43. The summed E-state index contributed by atoms with van der Waals surface area (Å²) in [4.78, 5) is 0. The van der Waals surface area contributed by atoms with Crippen LogP contribution in [0.1, 0.15) is 12.0 Å². The number of aromatic nitrogens is 2. The molecule has 0 saturated carbocycles. The van der Waals surface area contributed by atoms with E-state index in [1.54, 1.807) is 0 Å². The zero-order valence-corrected chi connectivity index (χ0v) is 7.66. The van der Waals surface area contributed by atoms with Crippen molar-refractivity contribution in [2.45, 2.75) is 6.42 Å². The highest BCUT2D eigenvalue weighted by Gasteiger charge is 2.08. The predicted molar refractivity (Wildman–Crippen MR) is 54.6 cm³/mol. The fraction of sp³-hybridized carbons (Fsp3) is 0.182. The minimum absolute atomic E-state index is 0.802. The maximum atomic E-state index is 5.49. The largest absolute Gasteiger partial charge is 0.493 e. The number of hydrogen-bond donors (Lipinski definition) is 1. The van der Waals surface area contributed by atoms with Gasteiger partial charge in [-0.05, 0) is 12.1 Å². The summed E-state index contributed by atoms with van der Waals surface area (Å²) in [6.07, 6.45) is 4.96. The molecule has 0 atom stereocenters. The lowest BCUT2D eigenvalue weighted by atomic mass is 10.1. The van der Waals surface area contributed by atoms with Gasteiger partial charge in [0.05, 0.1) is 18.3 Å². The van der Waals surface area contributed by atoms with Crippen molar-refractivity contribution >= 4 is 16.7 Å². The Morgan fingerprint density at radius 3 is 3.21 bits per heavy atom. The van der Waals surface area contributed by atoms with Crippen molar-refractivity contribution in [2.75, 3.05) is 6.61 Å². The normalized spacial score (nSPS) is 15.6. The molecule has 3 heteroatoms. The van der Waals surface area contributed by atoms with Gasteiger partial charge in [-0.1, -0.05) is 12.1 Å². The number of aromatic amines is 1. The highest BCUT2D eigenvalue weighted by Crippen LogP contribution is 2.24. The van der Waals surface area contributed by atoms with Crippen LogP contribution in [-0.4, -0.2) is 16.8 Å². The van der Waals surface area contributed by atoms with Crippen molar-refractivity contribution in [2.24, 2.45) is 0 Å². The third kappa shape index (κ3) is 1.09. The van der Waals surface area contributed by atoms with Gasteiger partial charge >= 0.3 is 0 Å². The maximum absolute atomic E-state index is 5.49. The van der Waals surface area contributed by atoms with Crippen molar-refractivity contribution in [3.05, 3.63) is 36.0 Å². The minimum atomic E-state index is 0.802. The van der Waals surface area contributed by atoms with E-state index < -0.39 is 0 Å². The van der Waals surface area contributed by atoms with Crippen LogP contribution in [0.2, 0.25) is 0 Å². The lowest BCUT2D eigenvalue weighted by Gasteiger charge is -2.02. The average Bonchev–Trinajstić information content (AvgIpc) is 2.88. The summed E-state index contributed by atoms with van der Waals surface area (Å²) >= 11 is 0. The third-order valence-electron chi connectivity index (χ3n) is 2.43. The summed E-state index contributed by atoms with van der Waals surface area (Å²) in [5.41, 5.74) is 2.18. The first-order chi connectivity index (χ1) is 6.93. The van der Waals surface area contributed by atoms with Crippen LogP contribution in [0.3, 0.4) is 0 Å². The molecule has 70 valence electrons. The van der Waals surface area contributed by atoms with Gasteiger partial charge in [0.2, 0.25) is 0 Å². The number of ether oxygens (including phenoxy) is 1. The van der Waals surface area contributed by atoms with Crippen molar-refractivity contribution in [1.82, 2.24) is 10.2 Å². The van der Waals surface area contributed by atoms with E-state index in [0.29, 0.717) is 0 Å². The number of nitrogens with one attached hydrogen (secondary N) is 1. The molecule has 0 aliphatic carbocycles. The highest BCUT2D eigenvalue weighted by molar-refractivity contribution is 5.81. The van der Waals surface area contributed by atoms with Crippen molar-refractivity contribution in [3.63, 3.8) is 0 Å². The maximum Gasteiger partial charge on any atom is 0.122 e. The molecule has 2 aromatic rings. The summed E-state index contributed by atoms with van der Waals surface area (Å²) in [5.74, 6) is 0.988. The summed E-state index contributed by atoms with van der Waals surface area (Å²) < 4.78 is 5.49. The van der Waals surface area contributed by atoms with E-state index in [-0.39, 0.29) is 0 Å². The molecule has 3 nitrogen and oxygen atoms in total. The van der Waals surface area contributed by atoms with Gasteiger partial charge < -0.3 is 4.74 Å². The monoisotopic (exact) mass is 186 g/mol. The predicted octanol–water partition coefficient (Wildman–Crippen LogP) is 2.32. The van der Waals surface area contributed by atoms with Crippen LogP contribution in [0, 0.1) is 0 Å². The topological polar surface area (TPSA) is 37.9 Å². The lowest BCUT2D eigenvalue weighted by Crippen LogP contribution is -1.85. The van der Waals surface area contributed by atoms with Crippen LogP contribution < -0.4 is 0 Å². The fourth-order valence-electron chi connectivity index (χ4n) is 1.71. The Morgan fingerprint density at radius 1 is 1.36 bits per heavy atom. The van der Waals surface area contributed by atoms with Crippen LogP contribution in [0.5, 0.6) is 0 Å². The summed E-state index contributed by atoms with van der Waals surface area (Å²) in [6, 6.07) is 6.19. The first-order valence-electron chi connectivity index (χ1n) is 4.70. The molecular formula is C11H10N2O. The molecule has 0 radical (unpaired) electrons. The van der Waals surface area contributed by atoms with Crippen molar-refractivity contribution < 1.29 is 4.74 Å². The Bertz CT molecular complexity index is 499. The quantitative estimate of drug-likeness (QED) is 0.742. The zero-order chi connectivity index (χ0) is 9.38. The molecule has 0 spiro atoms. The molecule has 1 aliphatic rings. The highest BCUT2D eigenvalue weighted by atomic mass is 16.5. The standard InChI is InChI=1S/C11H10N2O/c1-2-11(14-5-1)8-3-4-9-7-12-13-10(9)6-8/h2-4,6-7H,1,5H2,(H,12,13). The molecule has 1 N–H and O–H groups in total. The number of fused-ring (bicyclic) bond motifs is 1. The molecule has 0 saturated heterocycles. The van der Waals surface area contributed by atoms with E-state index in [9.17, 15) is 0 Å². The number of nitrogens with zero attached hydrogens (tertiary/aromatic N) is 1. The summed E-state index contributed by atoms with van der Waals surface area (Å²) in [5, 5.41) is 8.07. The van der Waals surface area contributed by atoms with Crippen LogP contribution in [-0.2, 0) is 4.74 Å². The first kappa shape index (κ1) is 7.62. The molecule has 0 unspecified atom stereocenters. The Morgan fingerprint density at radius 2 is 2.36 bits per heavy atom. The fourth-order valence-corrected chi connectivity index (χ4v) is 1.71. The number of benzene rings is 1. The molecule has 0 amide bonds. The molecule has 1 aromatic heterocycles. The summed E-state index contributed by atoms with van der Waals surface area (Å²) in [7, 11) is 0. The van der Waals surface area contributed by atoms with Gasteiger partial charge in [0.25, 0.3) is 0 Å². The van der Waals surface area contributed by atoms with Crippen LogP contribution in [0.15, 0.2) is 30.5 Å². The van der Waals surface area contributed by atoms with Gasteiger partial charge in [-0.3, -0.25) is 5.10 Å². The molecule has 0 bridgehead atoms. The van der Waals surface area contributed by atoms with Crippen LogP contribution in [0.4, 0.5) is 0 Å². The zero-order valence-electron chi connectivity index (χ0n) is 7.66. The SMILES string of the molecule is C1=C(c2ccc3cn[nH]c3c2)OCC1. The minimum Gasteiger partial charge on any atom is -0.493 e. The Hall–Kier alpha value is -1.77. The smallest absolute Gasteiger partial charge is 0.122 e. The molecular weight excluding hydrogens is 176 g/mol. The van der Waals surface area contributed by atoms with E-state index in [2.05, 4.69) is 34.5 Å². The second kappa shape index (κ2) is 2.87. The Balaban J connectivity index is 2.13. The van der Waals surface area contributed by atoms with E-state index in [0.717, 1.165) is 35.3 Å². The molecule has 2 heterocycles.